The predicted octanol–water partition coefficient (Wildman–Crippen LogP) is 3.67. The van der Waals surface area contributed by atoms with Crippen LogP contribution in [0.5, 0.6) is 0 Å². The van der Waals surface area contributed by atoms with Crippen molar-refractivity contribution >= 4 is 5.69 Å². The third-order valence-corrected chi connectivity index (χ3v) is 3.85. The lowest BCUT2D eigenvalue weighted by Gasteiger charge is -2.18. The number of nitro groups is 1. The van der Waals surface area contributed by atoms with Crippen LogP contribution in [-0.4, -0.2) is 26.6 Å². The molecule has 0 fully saturated rings. The first-order chi connectivity index (χ1) is 12.2. The topological polar surface area (TPSA) is 85.3 Å². The van der Waals surface area contributed by atoms with Gasteiger partial charge in [-0.2, -0.15) is 0 Å². The number of nitrogens with zero attached hydrogens (tertiary/aromatic N) is 4. The van der Waals surface area contributed by atoms with Gasteiger partial charge in [0.05, 0.1) is 11.5 Å². The average Bonchev–Trinajstić information content (AvgIpc) is 3.10. The molecule has 25 heavy (non-hydrogen) atoms. The van der Waals surface area contributed by atoms with Gasteiger partial charge >= 0.3 is 0 Å². The minimum atomic E-state index is -0.439. The molecule has 0 saturated heterocycles. The number of rotatable bonds is 7. The summed E-state index contributed by atoms with van der Waals surface area (Å²) >= 11 is 0. The van der Waals surface area contributed by atoms with E-state index in [0.29, 0.717) is 23.9 Å². The second-order valence-electron chi connectivity index (χ2n) is 5.59. The van der Waals surface area contributed by atoms with Crippen molar-refractivity contribution in [3.63, 3.8) is 0 Å². The zero-order chi connectivity index (χ0) is 17.6. The standard InChI is InChI=1S/C18H18N4O3/c1-2-21(12-14-6-4-3-5-7-14)13-17-19-20-18(25-17)15-8-10-16(11-9-15)22(23)24/h3-11H,2,12-13H2,1H3. The molecular weight excluding hydrogens is 320 g/mol. The maximum absolute atomic E-state index is 10.7. The van der Waals surface area contributed by atoms with E-state index >= 15 is 0 Å². The van der Waals surface area contributed by atoms with Crippen molar-refractivity contribution in [1.82, 2.24) is 15.1 Å². The van der Waals surface area contributed by atoms with Crippen molar-refractivity contribution in [1.29, 1.82) is 0 Å². The Bertz CT molecular complexity index is 831. The molecular formula is C18H18N4O3. The second-order valence-corrected chi connectivity index (χ2v) is 5.59. The fraction of sp³-hybridized carbons (Fsp3) is 0.222. The molecule has 0 aliphatic heterocycles. The predicted molar refractivity (Wildman–Crippen MR) is 92.6 cm³/mol. The van der Waals surface area contributed by atoms with Crippen molar-refractivity contribution in [2.24, 2.45) is 0 Å². The molecule has 7 nitrogen and oxygen atoms in total. The van der Waals surface area contributed by atoms with E-state index in [-0.39, 0.29) is 5.69 Å². The van der Waals surface area contributed by atoms with Gasteiger partial charge in [0.1, 0.15) is 0 Å². The SMILES string of the molecule is CCN(Cc1ccccc1)Cc1nnc(-c2ccc([N+](=O)[O-])cc2)o1. The average molecular weight is 338 g/mol. The molecule has 0 N–H and O–H groups in total. The van der Waals surface area contributed by atoms with Gasteiger partial charge in [0.15, 0.2) is 0 Å². The Hall–Kier alpha value is -3.06. The summed E-state index contributed by atoms with van der Waals surface area (Å²) in [5, 5.41) is 18.8. The first kappa shape index (κ1) is 16.8. The quantitative estimate of drug-likeness (QED) is 0.483. The van der Waals surface area contributed by atoms with Crippen LogP contribution in [0.25, 0.3) is 11.5 Å². The minimum absolute atomic E-state index is 0.0310. The number of nitro benzene ring substituents is 1. The van der Waals surface area contributed by atoms with Gasteiger partial charge in [0.2, 0.25) is 11.8 Å². The molecule has 0 unspecified atom stereocenters. The first-order valence-corrected chi connectivity index (χ1v) is 7.99. The third-order valence-electron chi connectivity index (χ3n) is 3.85. The molecule has 3 rings (SSSR count). The third kappa shape index (κ3) is 4.27. The van der Waals surface area contributed by atoms with Gasteiger partial charge in [-0.1, -0.05) is 37.3 Å². The van der Waals surface area contributed by atoms with E-state index in [1.165, 1.54) is 17.7 Å². The molecule has 0 saturated carbocycles. The highest BCUT2D eigenvalue weighted by Crippen LogP contribution is 2.21. The van der Waals surface area contributed by atoms with Crippen LogP contribution in [0.15, 0.2) is 59.0 Å². The summed E-state index contributed by atoms with van der Waals surface area (Å²) in [6.07, 6.45) is 0. The van der Waals surface area contributed by atoms with E-state index in [1.54, 1.807) is 12.1 Å². The number of benzene rings is 2. The van der Waals surface area contributed by atoms with Gasteiger partial charge in [-0.05, 0) is 24.2 Å². The molecule has 128 valence electrons. The molecule has 0 spiro atoms. The molecule has 1 heterocycles. The summed E-state index contributed by atoms with van der Waals surface area (Å²) in [7, 11) is 0. The van der Waals surface area contributed by atoms with Crippen LogP contribution >= 0.6 is 0 Å². The smallest absolute Gasteiger partial charge is 0.269 e. The maximum atomic E-state index is 10.7. The normalized spacial score (nSPS) is 11.0. The summed E-state index contributed by atoms with van der Waals surface area (Å²) in [5.41, 5.74) is 1.92. The molecule has 2 aromatic carbocycles. The molecule has 3 aromatic rings. The van der Waals surface area contributed by atoms with Crippen LogP contribution in [0.2, 0.25) is 0 Å². The van der Waals surface area contributed by atoms with Gasteiger partial charge in [-0.3, -0.25) is 15.0 Å². The second kappa shape index (κ2) is 7.67. The Morgan fingerprint density at radius 3 is 2.40 bits per heavy atom. The zero-order valence-electron chi connectivity index (χ0n) is 13.8. The van der Waals surface area contributed by atoms with Crippen LogP contribution in [0.1, 0.15) is 18.4 Å². The van der Waals surface area contributed by atoms with Crippen LogP contribution in [0.3, 0.4) is 0 Å². The molecule has 1 aromatic heterocycles. The molecule has 0 radical (unpaired) electrons. The van der Waals surface area contributed by atoms with E-state index < -0.39 is 4.92 Å². The van der Waals surface area contributed by atoms with Crippen LogP contribution in [0, 0.1) is 10.1 Å². The van der Waals surface area contributed by atoms with Crippen molar-refractivity contribution in [3.8, 4) is 11.5 Å². The van der Waals surface area contributed by atoms with Crippen molar-refractivity contribution in [2.75, 3.05) is 6.54 Å². The van der Waals surface area contributed by atoms with Crippen LogP contribution < -0.4 is 0 Å². The molecule has 0 aliphatic rings. The fourth-order valence-corrected chi connectivity index (χ4v) is 2.47. The van der Waals surface area contributed by atoms with E-state index in [0.717, 1.165) is 13.1 Å². The van der Waals surface area contributed by atoms with E-state index in [9.17, 15) is 10.1 Å². The Morgan fingerprint density at radius 2 is 1.76 bits per heavy atom. The molecule has 0 bridgehead atoms. The number of hydrogen-bond donors (Lipinski definition) is 0. The largest absolute Gasteiger partial charge is 0.419 e. The Balaban J connectivity index is 1.69. The zero-order valence-corrected chi connectivity index (χ0v) is 13.8. The monoisotopic (exact) mass is 338 g/mol. The van der Waals surface area contributed by atoms with Crippen molar-refractivity contribution in [3.05, 3.63) is 76.2 Å². The van der Waals surface area contributed by atoms with E-state index in [4.69, 9.17) is 4.42 Å². The number of aromatic nitrogens is 2. The minimum Gasteiger partial charge on any atom is -0.419 e. The molecule has 0 aliphatic carbocycles. The van der Waals surface area contributed by atoms with Crippen molar-refractivity contribution < 1.29 is 9.34 Å². The maximum Gasteiger partial charge on any atom is 0.269 e. The van der Waals surface area contributed by atoms with Crippen molar-refractivity contribution in [2.45, 2.75) is 20.0 Å². The summed E-state index contributed by atoms with van der Waals surface area (Å²) in [5.74, 6) is 0.881. The number of hydrogen-bond acceptors (Lipinski definition) is 6. The highest BCUT2D eigenvalue weighted by atomic mass is 16.6. The lowest BCUT2D eigenvalue weighted by molar-refractivity contribution is -0.384. The molecule has 0 amide bonds. The van der Waals surface area contributed by atoms with Gasteiger partial charge in [0, 0.05) is 24.2 Å². The van der Waals surface area contributed by atoms with Crippen LogP contribution in [-0.2, 0) is 13.1 Å². The lowest BCUT2D eigenvalue weighted by atomic mass is 10.2. The summed E-state index contributed by atoms with van der Waals surface area (Å²) in [6, 6.07) is 16.3. The van der Waals surface area contributed by atoms with Crippen LogP contribution in [0.4, 0.5) is 5.69 Å². The van der Waals surface area contributed by atoms with Gasteiger partial charge in [-0.25, -0.2) is 0 Å². The highest BCUT2D eigenvalue weighted by Gasteiger charge is 2.13. The van der Waals surface area contributed by atoms with Gasteiger partial charge in [0.25, 0.3) is 5.69 Å². The fourth-order valence-electron chi connectivity index (χ4n) is 2.47. The lowest BCUT2D eigenvalue weighted by Crippen LogP contribution is -2.22. The highest BCUT2D eigenvalue weighted by molar-refractivity contribution is 5.55. The molecule has 0 atom stereocenters. The Morgan fingerprint density at radius 1 is 1.04 bits per heavy atom. The van der Waals surface area contributed by atoms with Gasteiger partial charge in [-0.15, -0.1) is 10.2 Å². The van der Waals surface area contributed by atoms with E-state index in [1.807, 2.05) is 18.2 Å². The summed E-state index contributed by atoms with van der Waals surface area (Å²) < 4.78 is 5.71. The summed E-state index contributed by atoms with van der Waals surface area (Å²) in [6.45, 7) is 4.28. The summed E-state index contributed by atoms with van der Waals surface area (Å²) in [4.78, 5) is 12.5. The Labute approximate surface area is 145 Å². The first-order valence-electron chi connectivity index (χ1n) is 7.99. The number of non-ortho nitro benzene ring substituents is 1. The van der Waals surface area contributed by atoms with E-state index in [2.05, 4.69) is 34.2 Å². The van der Waals surface area contributed by atoms with Gasteiger partial charge < -0.3 is 4.42 Å². The Kier molecular flexibility index (Phi) is 5.15. The molecule has 7 heteroatoms.